The van der Waals surface area contributed by atoms with Crippen LogP contribution in [0.2, 0.25) is 0 Å². The van der Waals surface area contributed by atoms with Gasteiger partial charge in [0.2, 0.25) is 10.0 Å². The van der Waals surface area contributed by atoms with E-state index in [0.717, 1.165) is 16.5 Å². The molecule has 0 unspecified atom stereocenters. The summed E-state index contributed by atoms with van der Waals surface area (Å²) >= 11 is 0. The second-order valence-corrected chi connectivity index (χ2v) is 9.95. The number of anilines is 1. The van der Waals surface area contributed by atoms with Gasteiger partial charge in [-0.05, 0) is 47.5 Å². The number of fused-ring (bicyclic) bond motifs is 1. The lowest BCUT2D eigenvalue weighted by Gasteiger charge is -2.35. The number of aryl methyl sites for hydroxylation is 1. The predicted molar refractivity (Wildman–Crippen MR) is 125 cm³/mol. The fraction of sp³-hybridized carbons (Fsp3) is 0.292. The topological polar surface area (TPSA) is 69.7 Å². The highest BCUT2D eigenvalue weighted by Crippen LogP contribution is 2.19. The van der Waals surface area contributed by atoms with Gasteiger partial charge >= 0.3 is 0 Å². The van der Waals surface area contributed by atoms with Crippen LogP contribution in [0.3, 0.4) is 0 Å². The SMILES string of the molecule is Cc1cccc(N2CCN(S(=O)(=O)CCNC(=O)c3ccc4ccccc4c3)CC2)c1. The summed E-state index contributed by atoms with van der Waals surface area (Å²) in [4.78, 5) is 14.7. The molecule has 7 heteroatoms. The van der Waals surface area contributed by atoms with Gasteiger partial charge in [0.25, 0.3) is 5.91 Å². The monoisotopic (exact) mass is 437 g/mol. The Kier molecular flexibility index (Phi) is 6.25. The molecule has 31 heavy (non-hydrogen) atoms. The quantitative estimate of drug-likeness (QED) is 0.644. The van der Waals surface area contributed by atoms with Gasteiger partial charge < -0.3 is 10.2 Å². The Morgan fingerprint density at radius 3 is 2.39 bits per heavy atom. The van der Waals surface area contributed by atoms with Crippen molar-refractivity contribution in [1.82, 2.24) is 9.62 Å². The average molecular weight is 438 g/mol. The Morgan fingerprint density at radius 1 is 0.903 bits per heavy atom. The summed E-state index contributed by atoms with van der Waals surface area (Å²) < 4.78 is 27.0. The van der Waals surface area contributed by atoms with Gasteiger partial charge in [0.05, 0.1) is 5.75 Å². The zero-order valence-corrected chi connectivity index (χ0v) is 18.4. The zero-order chi connectivity index (χ0) is 21.8. The Bertz CT molecular complexity index is 1190. The molecule has 0 aliphatic carbocycles. The van der Waals surface area contributed by atoms with Crippen LogP contribution in [-0.2, 0) is 10.0 Å². The van der Waals surface area contributed by atoms with Crippen LogP contribution in [0.4, 0.5) is 5.69 Å². The molecule has 4 rings (SSSR count). The van der Waals surface area contributed by atoms with Gasteiger partial charge in [-0.3, -0.25) is 4.79 Å². The fourth-order valence-electron chi connectivity index (χ4n) is 3.90. The van der Waals surface area contributed by atoms with E-state index in [4.69, 9.17) is 0 Å². The molecule has 0 aromatic heterocycles. The first kappa shape index (κ1) is 21.3. The van der Waals surface area contributed by atoms with Crippen molar-refractivity contribution in [2.45, 2.75) is 6.92 Å². The van der Waals surface area contributed by atoms with Gasteiger partial charge in [-0.15, -0.1) is 0 Å². The number of carbonyl (C=O) groups excluding carboxylic acids is 1. The Balaban J connectivity index is 1.29. The summed E-state index contributed by atoms with van der Waals surface area (Å²) in [6.07, 6.45) is 0. The van der Waals surface area contributed by atoms with Crippen molar-refractivity contribution in [2.24, 2.45) is 0 Å². The number of nitrogens with zero attached hydrogens (tertiary/aromatic N) is 2. The second-order valence-electron chi connectivity index (χ2n) is 7.86. The number of benzene rings is 3. The van der Waals surface area contributed by atoms with Crippen molar-refractivity contribution in [3.05, 3.63) is 77.9 Å². The molecule has 0 spiro atoms. The molecule has 1 aliphatic heterocycles. The minimum absolute atomic E-state index is 0.0894. The Morgan fingerprint density at radius 2 is 1.65 bits per heavy atom. The third-order valence-electron chi connectivity index (χ3n) is 5.66. The van der Waals surface area contributed by atoms with Crippen LogP contribution in [0.25, 0.3) is 10.8 Å². The van der Waals surface area contributed by atoms with Crippen LogP contribution in [0, 0.1) is 6.92 Å². The molecule has 1 amide bonds. The van der Waals surface area contributed by atoms with Crippen molar-refractivity contribution in [3.63, 3.8) is 0 Å². The molecule has 0 radical (unpaired) electrons. The predicted octanol–water partition coefficient (Wildman–Crippen LogP) is 3.03. The number of carbonyl (C=O) groups is 1. The van der Waals surface area contributed by atoms with Gasteiger partial charge in [-0.1, -0.05) is 42.5 Å². The highest BCUT2D eigenvalue weighted by Gasteiger charge is 2.27. The molecule has 6 nitrogen and oxygen atoms in total. The normalized spacial score (nSPS) is 15.2. The van der Waals surface area contributed by atoms with Crippen molar-refractivity contribution < 1.29 is 13.2 Å². The molecular formula is C24H27N3O3S. The van der Waals surface area contributed by atoms with Gasteiger partial charge in [0.15, 0.2) is 0 Å². The minimum Gasteiger partial charge on any atom is -0.369 e. The summed E-state index contributed by atoms with van der Waals surface area (Å²) in [5.74, 6) is -0.359. The molecule has 1 aliphatic rings. The summed E-state index contributed by atoms with van der Waals surface area (Å²) in [6.45, 7) is 4.37. The van der Waals surface area contributed by atoms with E-state index >= 15 is 0 Å². The van der Waals surface area contributed by atoms with Gasteiger partial charge in [0.1, 0.15) is 0 Å². The van der Waals surface area contributed by atoms with Crippen LogP contribution in [0.5, 0.6) is 0 Å². The number of piperazine rings is 1. The molecule has 1 fully saturated rings. The molecular weight excluding hydrogens is 410 g/mol. The highest BCUT2D eigenvalue weighted by atomic mass is 32.2. The number of sulfonamides is 1. The maximum atomic E-state index is 12.7. The first-order valence-electron chi connectivity index (χ1n) is 10.5. The third kappa shape index (κ3) is 5.06. The van der Waals surface area contributed by atoms with Crippen molar-refractivity contribution in [2.75, 3.05) is 43.4 Å². The van der Waals surface area contributed by atoms with E-state index in [1.165, 1.54) is 9.87 Å². The van der Waals surface area contributed by atoms with Gasteiger partial charge in [-0.25, -0.2) is 8.42 Å². The lowest BCUT2D eigenvalue weighted by molar-refractivity contribution is 0.0956. The van der Waals surface area contributed by atoms with Crippen LogP contribution in [0.15, 0.2) is 66.7 Å². The number of amides is 1. The maximum Gasteiger partial charge on any atom is 0.251 e. The van der Waals surface area contributed by atoms with Crippen molar-refractivity contribution in [1.29, 1.82) is 0 Å². The summed E-state index contributed by atoms with van der Waals surface area (Å²) in [5, 5.41) is 4.79. The second kappa shape index (κ2) is 9.08. The minimum atomic E-state index is -3.42. The Hall–Kier alpha value is -2.90. The van der Waals surface area contributed by atoms with E-state index in [2.05, 4.69) is 35.3 Å². The molecule has 162 valence electrons. The molecule has 3 aromatic carbocycles. The molecule has 0 bridgehead atoms. The molecule has 3 aromatic rings. The number of rotatable bonds is 6. The first-order chi connectivity index (χ1) is 14.9. The van der Waals surface area contributed by atoms with E-state index < -0.39 is 10.0 Å². The van der Waals surface area contributed by atoms with Crippen LogP contribution in [-0.4, -0.2) is 57.1 Å². The third-order valence-corrected chi connectivity index (χ3v) is 7.53. The molecule has 1 heterocycles. The standard InChI is InChI=1S/C24H27N3O3S/c1-19-5-4-8-23(17-19)26-12-14-27(15-13-26)31(29,30)16-11-25-24(28)22-10-9-20-6-2-3-7-21(20)18-22/h2-10,17-18H,11-16H2,1H3,(H,25,28). The van der Waals surface area contributed by atoms with E-state index in [-0.39, 0.29) is 18.2 Å². The molecule has 1 saturated heterocycles. The van der Waals surface area contributed by atoms with Gasteiger partial charge in [0, 0.05) is 44.0 Å². The van der Waals surface area contributed by atoms with Crippen molar-refractivity contribution >= 4 is 32.4 Å². The lowest BCUT2D eigenvalue weighted by atomic mass is 10.1. The van der Waals surface area contributed by atoms with Crippen LogP contribution >= 0.6 is 0 Å². The van der Waals surface area contributed by atoms with E-state index in [1.807, 2.05) is 42.5 Å². The first-order valence-corrected chi connectivity index (χ1v) is 12.1. The van der Waals surface area contributed by atoms with E-state index in [1.54, 1.807) is 6.07 Å². The lowest BCUT2D eigenvalue weighted by Crippen LogP contribution is -2.50. The smallest absolute Gasteiger partial charge is 0.251 e. The number of hydrogen-bond acceptors (Lipinski definition) is 4. The Labute approximate surface area is 183 Å². The summed E-state index contributed by atoms with van der Waals surface area (Å²) in [5.41, 5.74) is 2.84. The summed E-state index contributed by atoms with van der Waals surface area (Å²) in [7, 11) is -3.42. The highest BCUT2D eigenvalue weighted by molar-refractivity contribution is 7.89. The summed E-state index contributed by atoms with van der Waals surface area (Å²) in [6, 6.07) is 21.5. The van der Waals surface area contributed by atoms with Crippen molar-refractivity contribution in [3.8, 4) is 0 Å². The fourth-order valence-corrected chi connectivity index (χ4v) is 5.24. The molecule has 1 N–H and O–H groups in total. The zero-order valence-electron chi connectivity index (χ0n) is 17.6. The van der Waals surface area contributed by atoms with Crippen LogP contribution < -0.4 is 10.2 Å². The largest absolute Gasteiger partial charge is 0.369 e. The molecule has 0 saturated carbocycles. The average Bonchev–Trinajstić information content (AvgIpc) is 2.78. The number of nitrogens with one attached hydrogen (secondary N) is 1. The van der Waals surface area contributed by atoms with E-state index in [9.17, 15) is 13.2 Å². The van der Waals surface area contributed by atoms with E-state index in [0.29, 0.717) is 31.7 Å². The number of hydrogen-bond donors (Lipinski definition) is 1. The van der Waals surface area contributed by atoms with Gasteiger partial charge in [-0.2, -0.15) is 4.31 Å². The van der Waals surface area contributed by atoms with Crippen LogP contribution in [0.1, 0.15) is 15.9 Å². The molecule has 0 atom stereocenters. The maximum absolute atomic E-state index is 12.7.